The summed E-state index contributed by atoms with van der Waals surface area (Å²) in [5.41, 5.74) is 0.857. The van der Waals surface area contributed by atoms with Gasteiger partial charge in [-0.25, -0.2) is 8.42 Å². The minimum Gasteiger partial charge on any atom is -0.339 e. The lowest BCUT2D eigenvalue weighted by atomic mass is 10.1. The summed E-state index contributed by atoms with van der Waals surface area (Å²) >= 11 is 1.02. The molecule has 1 heterocycles. The van der Waals surface area contributed by atoms with Gasteiger partial charge in [0.05, 0.1) is 10.6 Å². The first-order valence-electron chi connectivity index (χ1n) is 10.1. The molecular weight excluding hydrogens is 434 g/mol. The quantitative estimate of drug-likeness (QED) is 0.672. The highest BCUT2D eigenvalue weighted by Crippen LogP contribution is 2.29. The molecule has 0 saturated carbocycles. The van der Waals surface area contributed by atoms with Crippen molar-refractivity contribution >= 4 is 38.6 Å². The van der Waals surface area contributed by atoms with Gasteiger partial charge in [-0.05, 0) is 67.9 Å². The molecule has 1 aliphatic heterocycles. The standard InChI is InChI=1S/C22H27N3O4S2/c1-16-8-6-7-15-25(16)31(28,29)18-13-11-17(12-14-18)21(26)23-19-9-4-5-10-20(19)30-22(27)24(2)3/h4-5,9-14,16H,6-8,15H2,1-3H3,(H,23,26). The van der Waals surface area contributed by atoms with Crippen LogP contribution in [0.4, 0.5) is 10.5 Å². The van der Waals surface area contributed by atoms with Gasteiger partial charge in [0, 0.05) is 37.1 Å². The average molecular weight is 462 g/mol. The van der Waals surface area contributed by atoms with E-state index >= 15 is 0 Å². The molecule has 1 fully saturated rings. The third kappa shape index (κ3) is 5.47. The molecule has 1 N–H and O–H groups in total. The highest BCUT2D eigenvalue weighted by molar-refractivity contribution is 8.13. The molecule has 0 aromatic heterocycles. The number of benzene rings is 2. The minimum atomic E-state index is -3.58. The van der Waals surface area contributed by atoms with E-state index in [1.165, 1.54) is 29.2 Å². The maximum absolute atomic E-state index is 13.0. The molecule has 0 bridgehead atoms. The Morgan fingerprint density at radius 1 is 1.06 bits per heavy atom. The fourth-order valence-electron chi connectivity index (χ4n) is 3.38. The van der Waals surface area contributed by atoms with Crippen molar-refractivity contribution in [2.75, 3.05) is 26.0 Å². The Balaban J connectivity index is 1.75. The Hall–Kier alpha value is -2.36. The maximum Gasteiger partial charge on any atom is 0.286 e. The van der Waals surface area contributed by atoms with Crippen molar-refractivity contribution in [1.29, 1.82) is 0 Å². The molecule has 2 aromatic rings. The highest BCUT2D eigenvalue weighted by Gasteiger charge is 2.30. The minimum absolute atomic E-state index is 0.0272. The number of rotatable bonds is 5. The topological polar surface area (TPSA) is 86.8 Å². The number of nitrogens with zero attached hydrogens (tertiary/aromatic N) is 2. The molecule has 0 spiro atoms. The van der Waals surface area contributed by atoms with E-state index in [0.717, 1.165) is 31.0 Å². The number of sulfonamides is 1. The van der Waals surface area contributed by atoms with Crippen LogP contribution in [-0.2, 0) is 10.0 Å². The number of amides is 2. The third-order valence-corrected chi connectivity index (χ3v) is 8.31. The Labute approximate surface area is 187 Å². The van der Waals surface area contributed by atoms with Crippen LogP contribution in [0.25, 0.3) is 0 Å². The number of thioether (sulfide) groups is 1. The molecule has 9 heteroatoms. The Kier molecular flexibility index (Phi) is 7.40. The molecule has 0 radical (unpaired) electrons. The first-order valence-corrected chi connectivity index (χ1v) is 12.4. The Morgan fingerprint density at radius 3 is 2.39 bits per heavy atom. The van der Waals surface area contributed by atoms with Crippen molar-refractivity contribution in [3.8, 4) is 0 Å². The second-order valence-electron chi connectivity index (χ2n) is 7.70. The average Bonchev–Trinajstić information content (AvgIpc) is 2.75. The van der Waals surface area contributed by atoms with E-state index in [4.69, 9.17) is 0 Å². The van der Waals surface area contributed by atoms with Crippen LogP contribution in [0.15, 0.2) is 58.3 Å². The van der Waals surface area contributed by atoms with Crippen LogP contribution in [0.1, 0.15) is 36.5 Å². The van der Waals surface area contributed by atoms with Crippen LogP contribution in [0, 0.1) is 0 Å². The van der Waals surface area contributed by atoms with E-state index in [1.807, 2.05) is 6.92 Å². The van der Waals surface area contributed by atoms with E-state index < -0.39 is 10.0 Å². The number of anilines is 1. The molecule has 2 aromatic carbocycles. The molecule has 3 rings (SSSR count). The summed E-state index contributed by atoms with van der Waals surface area (Å²) in [6.07, 6.45) is 2.75. The lowest BCUT2D eigenvalue weighted by Crippen LogP contribution is -2.41. The van der Waals surface area contributed by atoms with E-state index in [2.05, 4.69) is 5.32 Å². The van der Waals surface area contributed by atoms with Crippen LogP contribution < -0.4 is 5.32 Å². The number of nitrogens with one attached hydrogen (secondary N) is 1. The number of para-hydroxylation sites is 1. The van der Waals surface area contributed by atoms with E-state index in [1.54, 1.807) is 42.7 Å². The summed E-state index contributed by atoms with van der Waals surface area (Å²) in [6.45, 7) is 2.45. The fourth-order valence-corrected chi connectivity index (χ4v) is 5.83. The van der Waals surface area contributed by atoms with Gasteiger partial charge in [0.15, 0.2) is 0 Å². The number of hydrogen-bond acceptors (Lipinski definition) is 5. The first kappa shape index (κ1) is 23.3. The predicted octanol–water partition coefficient (Wildman–Crippen LogP) is 4.28. The lowest BCUT2D eigenvalue weighted by Gasteiger charge is -2.32. The van der Waals surface area contributed by atoms with Gasteiger partial charge in [0.1, 0.15) is 0 Å². The van der Waals surface area contributed by atoms with Crippen LogP contribution in [0.5, 0.6) is 0 Å². The van der Waals surface area contributed by atoms with Crippen molar-refractivity contribution in [2.24, 2.45) is 0 Å². The third-order valence-electron chi connectivity index (χ3n) is 5.16. The largest absolute Gasteiger partial charge is 0.339 e. The van der Waals surface area contributed by atoms with Crippen molar-refractivity contribution in [3.05, 3.63) is 54.1 Å². The monoisotopic (exact) mass is 461 g/mol. The molecule has 2 amide bonds. The zero-order valence-corrected chi connectivity index (χ0v) is 19.5. The van der Waals surface area contributed by atoms with Crippen LogP contribution in [0.3, 0.4) is 0 Å². The number of carbonyl (C=O) groups is 2. The van der Waals surface area contributed by atoms with E-state index in [-0.39, 0.29) is 22.1 Å². The SMILES string of the molecule is CC1CCCCN1S(=O)(=O)c1ccc(C(=O)Nc2ccccc2SC(=O)N(C)C)cc1. The summed E-state index contributed by atoms with van der Waals surface area (Å²) in [5, 5.41) is 2.66. The van der Waals surface area contributed by atoms with Crippen molar-refractivity contribution in [3.63, 3.8) is 0 Å². The summed E-state index contributed by atoms with van der Waals surface area (Å²) in [4.78, 5) is 27.0. The van der Waals surface area contributed by atoms with E-state index in [9.17, 15) is 18.0 Å². The summed E-state index contributed by atoms with van der Waals surface area (Å²) in [5.74, 6) is -0.374. The van der Waals surface area contributed by atoms with Crippen LogP contribution in [-0.4, -0.2) is 55.5 Å². The predicted molar refractivity (Wildman–Crippen MR) is 123 cm³/mol. The van der Waals surface area contributed by atoms with Gasteiger partial charge < -0.3 is 10.2 Å². The zero-order chi connectivity index (χ0) is 22.6. The smallest absolute Gasteiger partial charge is 0.286 e. The molecule has 166 valence electrons. The Morgan fingerprint density at radius 2 is 1.74 bits per heavy atom. The summed E-state index contributed by atoms with van der Waals surface area (Å²) < 4.78 is 27.5. The molecule has 1 saturated heterocycles. The van der Waals surface area contributed by atoms with Gasteiger partial charge in [0.25, 0.3) is 11.1 Å². The van der Waals surface area contributed by atoms with Gasteiger partial charge in [-0.15, -0.1) is 0 Å². The molecule has 1 aliphatic rings. The van der Waals surface area contributed by atoms with Gasteiger partial charge in [-0.2, -0.15) is 4.31 Å². The Bertz CT molecular complexity index is 1050. The van der Waals surface area contributed by atoms with Gasteiger partial charge in [-0.3, -0.25) is 9.59 Å². The number of hydrogen-bond donors (Lipinski definition) is 1. The zero-order valence-electron chi connectivity index (χ0n) is 17.9. The van der Waals surface area contributed by atoms with Crippen molar-refractivity contribution in [2.45, 2.75) is 42.0 Å². The summed E-state index contributed by atoms with van der Waals surface area (Å²) in [6, 6.07) is 13.0. The number of piperidine rings is 1. The molecule has 1 unspecified atom stereocenters. The van der Waals surface area contributed by atoms with Crippen molar-refractivity contribution < 1.29 is 18.0 Å². The normalized spacial score (nSPS) is 17.2. The van der Waals surface area contributed by atoms with E-state index in [0.29, 0.717) is 22.7 Å². The fraction of sp³-hybridized carbons (Fsp3) is 0.364. The highest BCUT2D eigenvalue weighted by atomic mass is 32.2. The lowest BCUT2D eigenvalue weighted by molar-refractivity contribution is 0.102. The first-order chi connectivity index (χ1) is 14.7. The molecular formula is C22H27N3O4S2. The second kappa shape index (κ2) is 9.84. The second-order valence-corrected chi connectivity index (χ2v) is 10.6. The number of carbonyl (C=O) groups excluding carboxylic acids is 2. The van der Waals surface area contributed by atoms with Gasteiger partial charge >= 0.3 is 0 Å². The molecule has 1 atom stereocenters. The van der Waals surface area contributed by atoms with Crippen molar-refractivity contribution in [1.82, 2.24) is 9.21 Å². The molecule has 31 heavy (non-hydrogen) atoms. The summed E-state index contributed by atoms with van der Waals surface area (Å²) in [7, 11) is -0.258. The van der Waals surface area contributed by atoms with Gasteiger partial charge in [-0.1, -0.05) is 18.6 Å². The van der Waals surface area contributed by atoms with Gasteiger partial charge in [0.2, 0.25) is 10.0 Å². The molecule has 7 nitrogen and oxygen atoms in total. The maximum atomic E-state index is 13.0. The van der Waals surface area contributed by atoms with Crippen LogP contribution in [0.2, 0.25) is 0 Å². The van der Waals surface area contributed by atoms with Crippen LogP contribution >= 0.6 is 11.8 Å². The molecule has 0 aliphatic carbocycles.